The summed E-state index contributed by atoms with van der Waals surface area (Å²) in [5.74, 6) is 0. The van der Waals surface area contributed by atoms with Gasteiger partial charge in [0.2, 0.25) is 0 Å². The maximum Gasteiger partial charge on any atom is 0.0715 e. The van der Waals surface area contributed by atoms with Gasteiger partial charge in [-0.2, -0.15) is 0 Å². The first-order valence-electron chi connectivity index (χ1n) is 9.08. The van der Waals surface area contributed by atoms with Gasteiger partial charge < -0.3 is 5.32 Å². The minimum absolute atomic E-state index is 0.0951. The quantitative estimate of drug-likeness (QED) is 0.647. The topological polar surface area (TPSA) is 24.9 Å². The van der Waals surface area contributed by atoms with E-state index in [2.05, 4.69) is 93.0 Å². The first kappa shape index (κ1) is 16.6. The van der Waals surface area contributed by atoms with Gasteiger partial charge in [-0.15, -0.1) is 0 Å². The normalized spacial score (nSPS) is 17.1. The standard InChI is InChI=1S/C24H24N2/c1-16-13-23-20(24(2,3)21(16)15-25-4)14-19-18(11-8-12-22(19)26-23)17-9-6-5-7-10-17/h5-15,25H,1-4H3/b21-15+. The minimum atomic E-state index is -0.0951. The summed E-state index contributed by atoms with van der Waals surface area (Å²) < 4.78 is 0. The SMILES string of the molecule is CN/C=C1\C(C)=Cc2nc3cccc(-c4ccccc4)c3cc2C1(C)C. The van der Waals surface area contributed by atoms with Crippen LogP contribution in [0.3, 0.4) is 0 Å². The molecule has 1 heterocycles. The van der Waals surface area contributed by atoms with Gasteiger partial charge in [0.25, 0.3) is 0 Å². The molecular formula is C24H24N2. The Morgan fingerprint density at radius 1 is 1.00 bits per heavy atom. The number of pyridine rings is 1. The first-order chi connectivity index (χ1) is 12.5. The number of nitrogens with zero attached hydrogens (tertiary/aromatic N) is 1. The highest BCUT2D eigenvalue weighted by Gasteiger charge is 2.33. The van der Waals surface area contributed by atoms with Gasteiger partial charge in [-0.05, 0) is 53.0 Å². The van der Waals surface area contributed by atoms with Gasteiger partial charge in [0, 0.05) is 24.0 Å². The van der Waals surface area contributed by atoms with Crippen molar-refractivity contribution in [2.24, 2.45) is 0 Å². The smallest absolute Gasteiger partial charge is 0.0715 e. The van der Waals surface area contributed by atoms with E-state index in [0.717, 1.165) is 11.2 Å². The van der Waals surface area contributed by atoms with Crippen molar-refractivity contribution in [1.82, 2.24) is 10.3 Å². The second-order valence-electron chi connectivity index (χ2n) is 7.46. The summed E-state index contributed by atoms with van der Waals surface area (Å²) in [6, 6.07) is 19.3. The Balaban J connectivity index is 2.02. The highest BCUT2D eigenvalue weighted by Crippen LogP contribution is 2.43. The number of hydrogen-bond acceptors (Lipinski definition) is 2. The molecule has 1 aliphatic carbocycles. The van der Waals surface area contributed by atoms with E-state index in [-0.39, 0.29) is 5.41 Å². The fraction of sp³-hybridized carbons (Fsp3) is 0.208. The van der Waals surface area contributed by atoms with Crippen LogP contribution < -0.4 is 5.32 Å². The molecule has 3 aromatic rings. The highest BCUT2D eigenvalue weighted by molar-refractivity contribution is 5.96. The maximum atomic E-state index is 5.02. The molecule has 0 amide bonds. The van der Waals surface area contributed by atoms with Gasteiger partial charge in [0.05, 0.1) is 11.2 Å². The monoisotopic (exact) mass is 340 g/mol. The Kier molecular flexibility index (Phi) is 3.91. The van der Waals surface area contributed by atoms with E-state index in [0.29, 0.717) is 0 Å². The van der Waals surface area contributed by atoms with Crippen molar-refractivity contribution >= 4 is 17.0 Å². The zero-order valence-electron chi connectivity index (χ0n) is 15.8. The summed E-state index contributed by atoms with van der Waals surface area (Å²) in [5.41, 5.74) is 8.35. The fourth-order valence-electron chi connectivity index (χ4n) is 4.05. The van der Waals surface area contributed by atoms with E-state index in [1.165, 1.54) is 33.2 Å². The number of fused-ring (bicyclic) bond motifs is 2. The number of rotatable bonds is 2. The molecule has 130 valence electrons. The van der Waals surface area contributed by atoms with Crippen LogP contribution in [-0.4, -0.2) is 12.0 Å². The van der Waals surface area contributed by atoms with Crippen LogP contribution in [0.4, 0.5) is 0 Å². The van der Waals surface area contributed by atoms with Crippen molar-refractivity contribution in [1.29, 1.82) is 0 Å². The zero-order chi connectivity index (χ0) is 18.3. The van der Waals surface area contributed by atoms with Crippen molar-refractivity contribution in [3.05, 3.63) is 83.2 Å². The second-order valence-corrected chi connectivity index (χ2v) is 7.46. The molecule has 0 spiro atoms. The molecule has 4 rings (SSSR count). The van der Waals surface area contributed by atoms with E-state index >= 15 is 0 Å². The van der Waals surface area contributed by atoms with Crippen molar-refractivity contribution in [2.75, 3.05) is 7.05 Å². The summed E-state index contributed by atoms with van der Waals surface area (Å²) in [7, 11) is 1.96. The van der Waals surface area contributed by atoms with Gasteiger partial charge in [-0.3, -0.25) is 0 Å². The van der Waals surface area contributed by atoms with Crippen molar-refractivity contribution in [2.45, 2.75) is 26.2 Å². The van der Waals surface area contributed by atoms with Gasteiger partial charge in [0.15, 0.2) is 0 Å². The predicted octanol–water partition coefficient (Wildman–Crippen LogP) is 5.70. The van der Waals surface area contributed by atoms with Gasteiger partial charge in [0.1, 0.15) is 0 Å². The molecule has 1 N–H and O–H groups in total. The average Bonchev–Trinajstić information content (AvgIpc) is 2.64. The second kappa shape index (κ2) is 6.14. The Morgan fingerprint density at radius 3 is 2.50 bits per heavy atom. The average molecular weight is 340 g/mol. The van der Waals surface area contributed by atoms with E-state index < -0.39 is 0 Å². The maximum absolute atomic E-state index is 5.02. The lowest BCUT2D eigenvalue weighted by molar-refractivity contribution is 0.616. The third-order valence-electron chi connectivity index (χ3n) is 5.39. The number of aromatic nitrogens is 1. The van der Waals surface area contributed by atoms with E-state index in [9.17, 15) is 0 Å². The summed E-state index contributed by atoms with van der Waals surface area (Å²) in [6.07, 6.45) is 4.32. The zero-order valence-corrected chi connectivity index (χ0v) is 15.8. The number of nitrogens with one attached hydrogen (secondary N) is 1. The number of hydrogen-bond donors (Lipinski definition) is 1. The van der Waals surface area contributed by atoms with Crippen molar-refractivity contribution < 1.29 is 0 Å². The molecular weight excluding hydrogens is 316 g/mol. The lowest BCUT2D eigenvalue weighted by Crippen LogP contribution is -2.27. The Morgan fingerprint density at radius 2 is 1.77 bits per heavy atom. The Hall–Kier alpha value is -2.87. The Bertz CT molecular complexity index is 1040. The lowest BCUT2D eigenvalue weighted by Gasteiger charge is -2.34. The first-order valence-corrected chi connectivity index (χ1v) is 9.08. The van der Waals surface area contributed by atoms with Crippen LogP contribution in [0.5, 0.6) is 0 Å². The molecule has 2 heteroatoms. The lowest BCUT2D eigenvalue weighted by atomic mass is 9.70. The molecule has 0 saturated carbocycles. The third kappa shape index (κ3) is 2.53. The van der Waals surface area contributed by atoms with Crippen LogP contribution in [0, 0.1) is 0 Å². The molecule has 0 bridgehead atoms. The van der Waals surface area contributed by atoms with Gasteiger partial charge in [-0.25, -0.2) is 4.98 Å². The molecule has 26 heavy (non-hydrogen) atoms. The molecule has 0 aliphatic heterocycles. The van der Waals surface area contributed by atoms with Crippen LogP contribution in [0.2, 0.25) is 0 Å². The van der Waals surface area contributed by atoms with E-state index in [1.54, 1.807) is 0 Å². The largest absolute Gasteiger partial charge is 0.394 e. The molecule has 1 aliphatic rings. The molecule has 0 saturated heterocycles. The summed E-state index contributed by atoms with van der Waals surface area (Å²) in [5, 5.41) is 4.42. The molecule has 0 unspecified atom stereocenters. The molecule has 0 radical (unpaired) electrons. The molecule has 0 atom stereocenters. The van der Waals surface area contributed by atoms with Crippen LogP contribution in [0.1, 0.15) is 32.0 Å². The minimum Gasteiger partial charge on any atom is -0.394 e. The molecule has 0 fully saturated rings. The summed E-state index contributed by atoms with van der Waals surface area (Å²) in [6.45, 7) is 6.73. The summed E-state index contributed by atoms with van der Waals surface area (Å²) in [4.78, 5) is 5.02. The molecule has 1 aromatic heterocycles. The predicted molar refractivity (Wildman–Crippen MR) is 111 cm³/mol. The van der Waals surface area contributed by atoms with Crippen molar-refractivity contribution in [3.63, 3.8) is 0 Å². The Labute approximate surface area is 155 Å². The highest BCUT2D eigenvalue weighted by atomic mass is 14.8. The van der Waals surface area contributed by atoms with Crippen LogP contribution in [0.15, 0.2) is 71.9 Å². The van der Waals surface area contributed by atoms with Crippen LogP contribution in [-0.2, 0) is 5.41 Å². The van der Waals surface area contributed by atoms with E-state index in [1.807, 2.05) is 7.05 Å². The third-order valence-corrected chi connectivity index (χ3v) is 5.39. The van der Waals surface area contributed by atoms with Crippen LogP contribution >= 0.6 is 0 Å². The van der Waals surface area contributed by atoms with Gasteiger partial charge >= 0.3 is 0 Å². The molecule has 2 aromatic carbocycles. The van der Waals surface area contributed by atoms with Crippen LogP contribution in [0.25, 0.3) is 28.1 Å². The number of allylic oxidation sites excluding steroid dienone is 2. The van der Waals surface area contributed by atoms with Crippen molar-refractivity contribution in [3.8, 4) is 11.1 Å². The summed E-state index contributed by atoms with van der Waals surface area (Å²) >= 11 is 0. The molecule has 2 nitrogen and oxygen atoms in total. The number of benzene rings is 2. The van der Waals surface area contributed by atoms with E-state index in [4.69, 9.17) is 4.98 Å². The fourth-order valence-corrected chi connectivity index (χ4v) is 4.05. The van der Waals surface area contributed by atoms with Gasteiger partial charge in [-0.1, -0.05) is 56.3 Å².